The summed E-state index contributed by atoms with van der Waals surface area (Å²) in [5.74, 6) is 0. The lowest BCUT2D eigenvalue weighted by Gasteiger charge is -2.06. The standard InChI is InChI=1S/C9H11NO4S/c1-6-4-8(10(11)12)5-9(7(6)2)15(3,13)14/h4-5H,1-3H3. The van der Waals surface area contributed by atoms with E-state index in [1.54, 1.807) is 13.8 Å². The van der Waals surface area contributed by atoms with Gasteiger partial charge in [0.2, 0.25) is 0 Å². The monoisotopic (exact) mass is 229 g/mol. The van der Waals surface area contributed by atoms with Crippen molar-refractivity contribution in [3.05, 3.63) is 33.4 Å². The Balaban J connectivity index is 3.59. The number of nitro benzene ring substituents is 1. The first-order valence-electron chi connectivity index (χ1n) is 4.19. The van der Waals surface area contributed by atoms with E-state index in [2.05, 4.69) is 0 Å². The van der Waals surface area contributed by atoms with E-state index < -0.39 is 14.8 Å². The van der Waals surface area contributed by atoms with Crippen LogP contribution in [-0.4, -0.2) is 19.6 Å². The fourth-order valence-electron chi connectivity index (χ4n) is 1.30. The van der Waals surface area contributed by atoms with Crippen LogP contribution in [0.4, 0.5) is 5.69 Å². The van der Waals surface area contributed by atoms with Crippen LogP contribution in [0.15, 0.2) is 17.0 Å². The third-order valence-electron chi connectivity index (χ3n) is 2.21. The summed E-state index contributed by atoms with van der Waals surface area (Å²) in [6.07, 6.45) is 1.04. The molecule has 0 saturated heterocycles. The van der Waals surface area contributed by atoms with Crippen molar-refractivity contribution in [2.45, 2.75) is 18.7 Å². The van der Waals surface area contributed by atoms with Crippen LogP contribution in [-0.2, 0) is 9.84 Å². The van der Waals surface area contributed by atoms with E-state index in [-0.39, 0.29) is 10.6 Å². The predicted octanol–water partition coefficient (Wildman–Crippen LogP) is 1.62. The third-order valence-corrected chi connectivity index (χ3v) is 3.44. The molecule has 0 saturated carbocycles. The summed E-state index contributed by atoms with van der Waals surface area (Å²) < 4.78 is 22.7. The second kappa shape index (κ2) is 3.62. The number of hydrogen-bond donors (Lipinski definition) is 0. The Morgan fingerprint density at radius 1 is 1.27 bits per heavy atom. The molecule has 0 heterocycles. The highest BCUT2D eigenvalue weighted by Gasteiger charge is 2.18. The van der Waals surface area contributed by atoms with Gasteiger partial charge >= 0.3 is 0 Å². The first-order chi connectivity index (χ1) is 6.73. The molecular weight excluding hydrogens is 218 g/mol. The quantitative estimate of drug-likeness (QED) is 0.570. The van der Waals surface area contributed by atoms with E-state index in [1.165, 1.54) is 6.07 Å². The summed E-state index contributed by atoms with van der Waals surface area (Å²) in [5.41, 5.74) is 0.964. The van der Waals surface area contributed by atoms with Gasteiger partial charge in [0.25, 0.3) is 5.69 Å². The summed E-state index contributed by atoms with van der Waals surface area (Å²) in [7, 11) is -3.42. The van der Waals surface area contributed by atoms with Crippen LogP contribution in [0.2, 0.25) is 0 Å². The van der Waals surface area contributed by atoms with Gasteiger partial charge in [-0.3, -0.25) is 10.1 Å². The van der Waals surface area contributed by atoms with Crippen molar-refractivity contribution >= 4 is 15.5 Å². The van der Waals surface area contributed by atoms with E-state index in [4.69, 9.17) is 0 Å². The number of benzene rings is 1. The maximum atomic E-state index is 11.4. The van der Waals surface area contributed by atoms with Crippen LogP contribution in [0.25, 0.3) is 0 Å². The summed E-state index contributed by atoms with van der Waals surface area (Å²) >= 11 is 0. The van der Waals surface area contributed by atoms with Crippen LogP contribution in [0.1, 0.15) is 11.1 Å². The van der Waals surface area contributed by atoms with Gasteiger partial charge in [-0.25, -0.2) is 8.42 Å². The van der Waals surface area contributed by atoms with Gasteiger partial charge in [-0.15, -0.1) is 0 Å². The highest BCUT2D eigenvalue weighted by atomic mass is 32.2. The SMILES string of the molecule is Cc1cc([N+](=O)[O-])cc(S(C)(=O)=O)c1C. The lowest BCUT2D eigenvalue weighted by Crippen LogP contribution is -2.03. The molecule has 0 aromatic heterocycles. The fourth-order valence-corrected chi connectivity index (χ4v) is 2.35. The zero-order valence-electron chi connectivity index (χ0n) is 8.64. The topological polar surface area (TPSA) is 77.3 Å². The molecule has 5 nitrogen and oxygen atoms in total. The lowest BCUT2D eigenvalue weighted by molar-refractivity contribution is -0.385. The lowest BCUT2D eigenvalue weighted by atomic mass is 10.1. The van der Waals surface area contributed by atoms with Crippen LogP contribution < -0.4 is 0 Å². The van der Waals surface area contributed by atoms with Crippen LogP contribution in [0.5, 0.6) is 0 Å². The Bertz CT molecular complexity index is 519. The highest BCUT2D eigenvalue weighted by Crippen LogP contribution is 2.24. The van der Waals surface area contributed by atoms with Gasteiger partial charge in [-0.05, 0) is 25.0 Å². The number of aryl methyl sites for hydroxylation is 1. The summed E-state index contributed by atoms with van der Waals surface area (Å²) in [5, 5.41) is 10.6. The van der Waals surface area contributed by atoms with Crippen molar-refractivity contribution in [1.29, 1.82) is 0 Å². The van der Waals surface area contributed by atoms with E-state index in [1.807, 2.05) is 0 Å². The second-order valence-corrected chi connectivity index (χ2v) is 5.40. The second-order valence-electron chi connectivity index (χ2n) is 3.42. The van der Waals surface area contributed by atoms with Gasteiger partial charge in [0.05, 0.1) is 9.82 Å². The van der Waals surface area contributed by atoms with Crippen molar-refractivity contribution < 1.29 is 13.3 Å². The van der Waals surface area contributed by atoms with Crippen LogP contribution >= 0.6 is 0 Å². The van der Waals surface area contributed by atoms with Gasteiger partial charge < -0.3 is 0 Å². The molecule has 15 heavy (non-hydrogen) atoms. The molecule has 0 aliphatic heterocycles. The highest BCUT2D eigenvalue weighted by molar-refractivity contribution is 7.90. The van der Waals surface area contributed by atoms with Crippen molar-refractivity contribution in [2.24, 2.45) is 0 Å². The molecular formula is C9H11NO4S. The molecule has 82 valence electrons. The Kier molecular flexibility index (Phi) is 2.81. The third kappa shape index (κ3) is 2.33. The molecule has 1 aromatic carbocycles. The Morgan fingerprint density at radius 2 is 1.80 bits per heavy atom. The molecule has 0 unspecified atom stereocenters. The Labute approximate surface area is 87.8 Å². The molecule has 6 heteroatoms. The maximum Gasteiger partial charge on any atom is 0.271 e. The molecule has 0 atom stereocenters. The minimum Gasteiger partial charge on any atom is -0.258 e. The van der Waals surface area contributed by atoms with Gasteiger partial charge in [0, 0.05) is 18.4 Å². The number of hydrogen-bond acceptors (Lipinski definition) is 4. The maximum absolute atomic E-state index is 11.4. The number of non-ortho nitro benzene ring substituents is 1. The first kappa shape index (κ1) is 11.6. The summed E-state index contributed by atoms with van der Waals surface area (Å²) in [4.78, 5) is 9.98. The molecule has 1 rings (SSSR count). The predicted molar refractivity (Wildman–Crippen MR) is 55.7 cm³/mol. The van der Waals surface area contributed by atoms with E-state index in [0.717, 1.165) is 12.3 Å². The molecule has 1 aromatic rings. The van der Waals surface area contributed by atoms with E-state index >= 15 is 0 Å². The molecule has 0 N–H and O–H groups in total. The van der Waals surface area contributed by atoms with Gasteiger partial charge in [0.1, 0.15) is 0 Å². The van der Waals surface area contributed by atoms with Crippen molar-refractivity contribution in [3.63, 3.8) is 0 Å². The summed E-state index contributed by atoms with van der Waals surface area (Å²) in [6, 6.07) is 2.46. The molecule has 0 fully saturated rings. The average Bonchev–Trinajstić information content (AvgIpc) is 2.06. The van der Waals surface area contributed by atoms with Gasteiger partial charge in [-0.2, -0.15) is 0 Å². The molecule has 0 bridgehead atoms. The van der Waals surface area contributed by atoms with Crippen LogP contribution in [0.3, 0.4) is 0 Å². The van der Waals surface area contributed by atoms with E-state index in [0.29, 0.717) is 11.1 Å². The van der Waals surface area contributed by atoms with Crippen molar-refractivity contribution in [1.82, 2.24) is 0 Å². The fraction of sp³-hybridized carbons (Fsp3) is 0.333. The number of rotatable bonds is 2. The van der Waals surface area contributed by atoms with Crippen molar-refractivity contribution in [3.8, 4) is 0 Å². The van der Waals surface area contributed by atoms with Gasteiger partial charge in [-0.1, -0.05) is 0 Å². The normalized spacial score (nSPS) is 11.4. The average molecular weight is 229 g/mol. The first-order valence-corrected chi connectivity index (χ1v) is 6.08. The molecule has 0 aliphatic rings. The minimum absolute atomic E-state index is 0.0224. The zero-order valence-corrected chi connectivity index (χ0v) is 9.46. The molecule has 0 amide bonds. The van der Waals surface area contributed by atoms with Crippen LogP contribution in [0, 0.1) is 24.0 Å². The number of sulfone groups is 1. The number of nitro groups is 1. The molecule has 0 spiro atoms. The van der Waals surface area contributed by atoms with E-state index in [9.17, 15) is 18.5 Å². The number of nitrogens with zero attached hydrogens (tertiary/aromatic N) is 1. The smallest absolute Gasteiger partial charge is 0.258 e. The van der Waals surface area contributed by atoms with Gasteiger partial charge in [0.15, 0.2) is 9.84 Å². The summed E-state index contributed by atoms with van der Waals surface area (Å²) in [6.45, 7) is 3.28. The minimum atomic E-state index is -3.42. The Hall–Kier alpha value is -1.43. The molecule has 0 aliphatic carbocycles. The largest absolute Gasteiger partial charge is 0.271 e. The zero-order chi connectivity index (χ0) is 11.8. The van der Waals surface area contributed by atoms with Crippen molar-refractivity contribution in [2.75, 3.05) is 6.26 Å². The Morgan fingerprint density at radius 3 is 2.20 bits per heavy atom. The molecule has 0 radical (unpaired) electrons.